The van der Waals surface area contributed by atoms with Crippen molar-refractivity contribution in [2.24, 2.45) is 5.41 Å². The van der Waals surface area contributed by atoms with E-state index < -0.39 is 11.3 Å². The van der Waals surface area contributed by atoms with Crippen LogP contribution >= 0.6 is 11.6 Å². The molecule has 0 aromatic heterocycles. The number of amides is 3. The summed E-state index contributed by atoms with van der Waals surface area (Å²) in [5.74, 6) is -1.03. The lowest BCUT2D eigenvalue weighted by atomic mass is 9.96. The normalized spacial score (nSPS) is 10.8. The van der Waals surface area contributed by atoms with Gasteiger partial charge in [0.1, 0.15) is 0 Å². The summed E-state index contributed by atoms with van der Waals surface area (Å²) in [6, 6.07) is 5.21. The minimum absolute atomic E-state index is 0.00315. The standard InChI is InChI=1S/C16H22ClN3O3/c1-10-11(17)6-5-7-12(10)18-13(21)8-9-14(22)19-20-15(23)16(2,3)4/h5-7H,8-9H2,1-4H3,(H,18,21)(H,19,22)(H,20,23). The van der Waals surface area contributed by atoms with Crippen LogP contribution in [-0.4, -0.2) is 17.7 Å². The monoisotopic (exact) mass is 339 g/mol. The Morgan fingerprint density at radius 2 is 1.65 bits per heavy atom. The number of hydrogen-bond donors (Lipinski definition) is 3. The molecule has 0 radical (unpaired) electrons. The van der Waals surface area contributed by atoms with E-state index in [1.165, 1.54) is 0 Å². The average molecular weight is 340 g/mol. The van der Waals surface area contributed by atoms with Crippen molar-refractivity contribution in [3.8, 4) is 0 Å². The molecule has 0 fully saturated rings. The predicted molar refractivity (Wildman–Crippen MR) is 89.8 cm³/mol. The Balaban J connectivity index is 2.40. The number of rotatable bonds is 4. The summed E-state index contributed by atoms with van der Waals surface area (Å²) in [5.41, 5.74) is 5.39. The van der Waals surface area contributed by atoms with Crippen LogP contribution in [0.2, 0.25) is 5.02 Å². The Morgan fingerprint density at radius 1 is 1.04 bits per heavy atom. The van der Waals surface area contributed by atoms with Crippen LogP contribution < -0.4 is 16.2 Å². The van der Waals surface area contributed by atoms with Gasteiger partial charge in [-0.15, -0.1) is 0 Å². The zero-order valence-corrected chi connectivity index (χ0v) is 14.5. The molecule has 7 heteroatoms. The molecule has 126 valence electrons. The van der Waals surface area contributed by atoms with E-state index in [1.807, 2.05) is 0 Å². The summed E-state index contributed by atoms with van der Waals surface area (Å²) in [7, 11) is 0. The van der Waals surface area contributed by atoms with Crippen molar-refractivity contribution in [1.82, 2.24) is 10.9 Å². The molecule has 6 nitrogen and oxygen atoms in total. The van der Waals surface area contributed by atoms with E-state index >= 15 is 0 Å². The minimum atomic E-state index is -0.602. The largest absolute Gasteiger partial charge is 0.326 e. The first kappa shape index (κ1) is 19.0. The average Bonchev–Trinajstić information content (AvgIpc) is 2.46. The Labute approximate surface area is 140 Å². The van der Waals surface area contributed by atoms with Crippen LogP contribution in [0.1, 0.15) is 39.2 Å². The van der Waals surface area contributed by atoms with Crippen LogP contribution in [0.5, 0.6) is 0 Å². The number of halogens is 1. The summed E-state index contributed by atoms with van der Waals surface area (Å²) >= 11 is 5.98. The van der Waals surface area contributed by atoms with Crippen molar-refractivity contribution < 1.29 is 14.4 Å². The van der Waals surface area contributed by atoms with Crippen molar-refractivity contribution in [1.29, 1.82) is 0 Å². The number of carbonyl (C=O) groups excluding carboxylic acids is 3. The maximum absolute atomic E-state index is 11.9. The second kappa shape index (κ2) is 7.97. The van der Waals surface area contributed by atoms with Crippen LogP contribution in [0.25, 0.3) is 0 Å². The third-order valence-corrected chi connectivity index (χ3v) is 3.53. The molecular weight excluding hydrogens is 318 g/mol. The van der Waals surface area contributed by atoms with Gasteiger partial charge in [0.15, 0.2) is 0 Å². The van der Waals surface area contributed by atoms with Crippen molar-refractivity contribution in [2.75, 3.05) is 5.32 Å². The number of anilines is 1. The first-order valence-corrected chi connectivity index (χ1v) is 7.63. The van der Waals surface area contributed by atoms with Gasteiger partial charge in [-0.25, -0.2) is 0 Å². The lowest BCUT2D eigenvalue weighted by molar-refractivity contribution is -0.134. The highest BCUT2D eigenvalue weighted by atomic mass is 35.5. The van der Waals surface area contributed by atoms with Gasteiger partial charge in [0.05, 0.1) is 0 Å². The first-order chi connectivity index (χ1) is 10.6. The van der Waals surface area contributed by atoms with E-state index in [1.54, 1.807) is 45.9 Å². The van der Waals surface area contributed by atoms with Gasteiger partial charge in [-0.1, -0.05) is 38.4 Å². The zero-order chi connectivity index (χ0) is 17.6. The van der Waals surface area contributed by atoms with Crippen molar-refractivity contribution in [2.45, 2.75) is 40.5 Å². The van der Waals surface area contributed by atoms with E-state index in [2.05, 4.69) is 16.2 Å². The lowest BCUT2D eigenvalue weighted by Crippen LogP contribution is -2.46. The van der Waals surface area contributed by atoms with E-state index in [9.17, 15) is 14.4 Å². The Kier molecular flexibility index (Phi) is 6.57. The lowest BCUT2D eigenvalue weighted by Gasteiger charge is -2.17. The summed E-state index contributed by atoms with van der Waals surface area (Å²) in [6.45, 7) is 6.99. The van der Waals surface area contributed by atoms with Gasteiger partial charge in [0, 0.05) is 29.0 Å². The molecule has 0 heterocycles. The van der Waals surface area contributed by atoms with Crippen LogP contribution in [0.3, 0.4) is 0 Å². The van der Waals surface area contributed by atoms with Gasteiger partial charge in [0.2, 0.25) is 17.7 Å². The molecule has 0 saturated carbocycles. The van der Waals surface area contributed by atoms with Crippen molar-refractivity contribution in [3.05, 3.63) is 28.8 Å². The van der Waals surface area contributed by atoms with Crippen LogP contribution in [0.15, 0.2) is 18.2 Å². The minimum Gasteiger partial charge on any atom is -0.326 e. The molecule has 0 aliphatic carbocycles. The summed E-state index contributed by atoms with van der Waals surface area (Å²) < 4.78 is 0. The number of carbonyl (C=O) groups is 3. The molecule has 1 aromatic carbocycles. The molecule has 1 aromatic rings. The van der Waals surface area contributed by atoms with Crippen molar-refractivity contribution in [3.63, 3.8) is 0 Å². The zero-order valence-electron chi connectivity index (χ0n) is 13.7. The topological polar surface area (TPSA) is 87.3 Å². The van der Waals surface area contributed by atoms with Gasteiger partial charge < -0.3 is 5.32 Å². The van der Waals surface area contributed by atoms with Gasteiger partial charge in [-0.05, 0) is 24.6 Å². The van der Waals surface area contributed by atoms with Gasteiger partial charge in [0.25, 0.3) is 0 Å². The third-order valence-electron chi connectivity index (χ3n) is 3.12. The number of benzene rings is 1. The molecule has 0 spiro atoms. The fraction of sp³-hybridized carbons (Fsp3) is 0.438. The molecule has 0 aliphatic heterocycles. The number of hydrazine groups is 1. The quantitative estimate of drug-likeness (QED) is 0.737. The molecule has 3 N–H and O–H groups in total. The predicted octanol–water partition coefficient (Wildman–Crippen LogP) is 2.56. The second-order valence-corrected chi connectivity index (χ2v) is 6.62. The Morgan fingerprint density at radius 3 is 2.26 bits per heavy atom. The summed E-state index contributed by atoms with van der Waals surface area (Å²) in [6.07, 6.45) is -0.0287. The molecular formula is C16H22ClN3O3. The smallest absolute Gasteiger partial charge is 0.243 e. The summed E-state index contributed by atoms with van der Waals surface area (Å²) in [5, 5.41) is 3.27. The number of hydrogen-bond acceptors (Lipinski definition) is 3. The second-order valence-electron chi connectivity index (χ2n) is 6.21. The van der Waals surface area contributed by atoms with E-state index in [-0.39, 0.29) is 24.7 Å². The van der Waals surface area contributed by atoms with E-state index in [4.69, 9.17) is 11.6 Å². The highest BCUT2D eigenvalue weighted by molar-refractivity contribution is 6.31. The molecule has 0 unspecified atom stereocenters. The molecule has 0 aliphatic rings. The van der Waals surface area contributed by atoms with Gasteiger partial charge in [-0.2, -0.15) is 0 Å². The van der Waals surface area contributed by atoms with E-state index in [0.29, 0.717) is 10.7 Å². The van der Waals surface area contributed by atoms with Gasteiger partial charge >= 0.3 is 0 Å². The highest BCUT2D eigenvalue weighted by Crippen LogP contribution is 2.23. The fourth-order valence-corrected chi connectivity index (χ4v) is 1.73. The maximum Gasteiger partial charge on any atom is 0.243 e. The molecule has 0 bridgehead atoms. The van der Waals surface area contributed by atoms with Crippen LogP contribution in [-0.2, 0) is 14.4 Å². The van der Waals surface area contributed by atoms with E-state index in [0.717, 1.165) is 5.56 Å². The first-order valence-electron chi connectivity index (χ1n) is 7.25. The molecule has 0 atom stereocenters. The molecule has 3 amide bonds. The van der Waals surface area contributed by atoms with Gasteiger partial charge in [-0.3, -0.25) is 25.2 Å². The SMILES string of the molecule is Cc1c(Cl)cccc1NC(=O)CCC(=O)NNC(=O)C(C)(C)C. The van der Waals surface area contributed by atoms with Crippen molar-refractivity contribution >= 4 is 35.0 Å². The third kappa shape index (κ3) is 6.28. The van der Waals surface area contributed by atoms with Crippen LogP contribution in [0.4, 0.5) is 5.69 Å². The number of nitrogens with one attached hydrogen (secondary N) is 3. The Bertz CT molecular complexity index is 609. The fourth-order valence-electron chi connectivity index (χ4n) is 1.56. The molecule has 23 heavy (non-hydrogen) atoms. The molecule has 0 saturated heterocycles. The summed E-state index contributed by atoms with van der Waals surface area (Å²) in [4.78, 5) is 35.1. The molecule has 1 rings (SSSR count). The van der Waals surface area contributed by atoms with Crippen LogP contribution in [0, 0.1) is 12.3 Å². The maximum atomic E-state index is 11.9. The Hall–Kier alpha value is -2.08. The highest BCUT2D eigenvalue weighted by Gasteiger charge is 2.21.